The first-order valence-corrected chi connectivity index (χ1v) is 10.6. The molecule has 8 heteroatoms. The highest BCUT2D eigenvalue weighted by molar-refractivity contribution is 7.22. The third kappa shape index (κ3) is 3.62. The molecule has 0 spiro atoms. The molecule has 0 N–H and O–H groups in total. The fraction of sp³-hybridized carbons (Fsp3) is 0.130. The number of hydrogen-bond donors (Lipinski definition) is 0. The minimum Gasteiger partial charge on any atom is -0.467 e. The van der Waals surface area contributed by atoms with Crippen molar-refractivity contribution in [2.45, 2.75) is 19.4 Å². The molecule has 0 aliphatic carbocycles. The largest absolute Gasteiger partial charge is 0.467 e. The van der Waals surface area contributed by atoms with Crippen molar-refractivity contribution < 1.29 is 18.8 Å². The van der Waals surface area contributed by atoms with Gasteiger partial charge in [-0.2, -0.15) is 0 Å². The Kier molecular flexibility index (Phi) is 4.83. The van der Waals surface area contributed by atoms with Crippen LogP contribution in [0.3, 0.4) is 0 Å². The second-order valence-electron chi connectivity index (χ2n) is 7.11. The first-order chi connectivity index (χ1) is 15.1. The molecular formula is C23H17N3O4S. The number of para-hydroxylation sites is 1. The maximum absolute atomic E-state index is 13.5. The highest BCUT2D eigenvalue weighted by Gasteiger charge is 2.31. The predicted octanol–water partition coefficient (Wildman–Crippen LogP) is 4.39. The van der Waals surface area contributed by atoms with Crippen LogP contribution >= 0.6 is 11.3 Å². The molecule has 1 fully saturated rings. The monoisotopic (exact) mass is 431 g/mol. The van der Waals surface area contributed by atoms with Crippen LogP contribution in [0.15, 0.2) is 71.3 Å². The number of aromatic nitrogens is 1. The summed E-state index contributed by atoms with van der Waals surface area (Å²) in [6.45, 7) is 0.206. The number of nitrogens with zero attached hydrogens (tertiary/aromatic N) is 3. The van der Waals surface area contributed by atoms with E-state index in [2.05, 4.69) is 4.98 Å². The molecule has 0 radical (unpaired) electrons. The Hall–Kier alpha value is -3.78. The molecule has 31 heavy (non-hydrogen) atoms. The van der Waals surface area contributed by atoms with Crippen molar-refractivity contribution in [2.24, 2.45) is 0 Å². The molecule has 1 saturated heterocycles. The lowest BCUT2D eigenvalue weighted by Crippen LogP contribution is -2.31. The molecule has 3 heterocycles. The average Bonchev–Trinajstić information content (AvgIpc) is 3.51. The maximum atomic E-state index is 13.5. The van der Waals surface area contributed by atoms with Crippen LogP contribution in [0.25, 0.3) is 10.2 Å². The topological polar surface area (TPSA) is 83.7 Å². The molecule has 0 atom stereocenters. The van der Waals surface area contributed by atoms with Gasteiger partial charge in [0.2, 0.25) is 11.8 Å². The number of fused-ring (bicyclic) bond motifs is 1. The van der Waals surface area contributed by atoms with Gasteiger partial charge in [0.25, 0.3) is 5.91 Å². The Labute approximate surface area is 181 Å². The van der Waals surface area contributed by atoms with Crippen molar-refractivity contribution in [3.8, 4) is 0 Å². The van der Waals surface area contributed by atoms with Crippen molar-refractivity contribution in [3.63, 3.8) is 0 Å². The zero-order chi connectivity index (χ0) is 21.4. The van der Waals surface area contributed by atoms with Crippen molar-refractivity contribution in [2.75, 3.05) is 9.80 Å². The number of carbonyl (C=O) groups is 3. The van der Waals surface area contributed by atoms with E-state index >= 15 is 0 Å². The van der Waals surface area contributed by atoms with Crippen molar-refractivity contribution in [1.82, 2.24) is 4.98 Å². The highest BCUT2D eigenvalue weighted by Crippen LogP contribution is 2.31. The summed E-state index contributed by atoms with van der Waals surface area (Å²) < 4.78 is 6.43. The fourth-order valence-electron chi connectivity index (χ4n) is 3.56. The van der Waals surface area contributed by atoms with Gasteiger partial charge in [0.05, 0.1) is 28.7 Å². The minimum absolute atomic E-state index is 0.188. The van der Waals surface area contributed by atoms with Gasteiger partial charge in [0.1, 0.15) is 5.76 Å². The lowest BCUT2D eigenvalue weighted by atomic mass is 10.1. The Morgan fingerprint density at radius 3 is 2.58 bits per heavy atom. The Balaban J connectivity index is 1.53. The van der Waals surface area contributed by atoms with Gasteiger partial charge in [-0.25, -0.2) is 4.98 Å². The molecule has 0 bridgehead atoms. The van der Waals surface area contributed by atoms with Crippen LogP contribution in [0.4, 0.5) is 10.8 Å². The van der Waals surface area contributed by atoms with E-state index in [9.17, 15) is 14.4 Å². The maximum Gasteiger partial charge on any atom is 0.260 e. The molecule has 7 nitrogen and oxygen atoms in total. The van der Waals surface area contributed by atoms with E-state index in [1.165, 1.54) is 11.3 Å². The third-order valence-electron chi connectivity index (χ3n) is 5.06. The summed E-state index contributed by atoms with van der Waals surface area (Å²) in [5, 5.41) is 0.543. The van der Waals surface area contributed by atoms with E-state index in [1.807, 2.05) is 24.3 Å². The zero-order valence-electron chi connectivity index (χ0n) is 16.4. The van der Waals surface area contributed by atoms with Crippen molar-refractivity contribution >= 4 is 50.1 Å². The number of carbonyl (C=O) groups excluding carboxylic acids is 3. The van der Waals surface area contributed by atoms with Crippen LogP contribution in [0.2, 0.25) is 0 Å². The van der Waals surface area contributed by atoms with Crippen LogP contribution in [0.1, 0.15) is 29.0 Å². The molecule has 4 aromatic rings. The summed E-state index contributed by atoms with van der Waals surface area (Å²) in [4.78, 5) is 45.1. The second-order valence-corrected chi connectivity index (χ2v) is 8.12. The van der Waals surface area contributed by atoms with Gasteiger partial charge in [0, 0.05) is 18.4 Å². The number of imide groups is 1. The molecular weight excluding hydrogens is 414 g/mol. The van der Waals surface area contributed by atoms with Gasteiger partial charge in [-0.1, -0.05) is 29.5 Å². The molecule has 2 aromatic carbocycles. The van der Waals surface area contributed by atoms with Gasteiger partial charge < -0.3 is 4.42 Å². The van der Waals surface area contributed by atoms with E-state index in [-0.39, 0.29) is 37.1 Å². The van der Waals surface area contributed by atoms with Gasteiger partial charge in [-0.05, 0) is 42.5 Å². The molecule has 0 unspecified atom stereocenters. The van der Waals surface area contributed by atoms with Crippen LogP contribution in [-0.2, 0) is 16.1 Å². The second kappa shape index (κ2) is 7.81. The number of thiazole rings is 1. The lowest BCUT2D eigenvalue weighted by molar-refractivity contribution is -0.121. The normalized spacial score (nSPS) is 13.9. The Morgan fingerprint density at radius 2 is 1.84 bits per heavy atom. The Morgan fingerprint density at radius 1 is 1.03 bits per heavy atom. The summed E-state index contributed by atoms with van der Waals surface area (Å²) >= 11 is 1.41. The highest BCUT2D eigenvalue weighted by atomic mass is 32.1. The van der Waals surface area contributed by atoms with Crippen molar-refractivity contribution in [1.29, 1.82) is 0 Å². The molecule has 154 valence electrons. The van der Waals surface area contributed by atoms with Crippen LogP contribution in [0, 0.1) is 0 Å². The van der Waals surface area contributed by atoms with E-state index in [1.54, 1.807) is 47.6 Å². The van der Waals surface area contributed by atoms with Crippen LogP contribution in [0.5, 0.6) is 0 Å². The number of hydrogen-bond acceptors (Lipinski definition) is 6. The van der Waals surface area contributed by atoms with Gasteiger partial charge >= 0.3 is 0 Å². The van der Waals surface area contributed by atoms with Crippen molar-refractivity contribution in [3.05, 3.63) is 78.3 Å². The zero-order valence-corrected chi connectivity index (χ0v) is 17.2. The smallest absolute Gasteiger partial charge is 0.260 e. The first-order valence-electron chi connectivity index (χ1n) is 9.76. The molecule has 2 aromatic heterocycles. The van der Waals surface area contributed by atoms with Crippen LogP contribution < -0.4 is 9.80 Å². The van der Waals surface area contributed by atoms with E-state index in [0.29, 0.717) is 22.1 Å². The standard InChI is InChI=1S/C23H17N3O4S/c27-20-10-11-21(28)26(20)16-6-3-5-15(13-16)22(29)25(14-17-7-4-12-30-17)23-24-18-8-1-2-9-19(18)31-23/h1-9,12-13H,10-11,14H2. The molecule has 3 amide bonds. The minimum atomic E-state index is -0.295. The van der Waals surface area contributed by atoms with E-state index < -0.39 is 0 Å². The number of rotatable bonds is 5. The van der Waals surface area contributed by atoms with Gasteiger partial charge in [-0.15, -0.1) is 0 Å². The predicted molar refractivity (Wildman–Crippen MR) is 117 cm³/mol. The third-order valence-corrected chi connectivity index (χ3v) is 6.11. The van der Waals surface area contributed by atoms with E-state index in [0.717, 1.165) is 15.1 Å². The summed E-state index contributed by atoms with van der Waals surface area (Å²) in [5.74, 6) is -0.188. The van der Waals surface area contributed by atoms with E-state index in [4.69, 9.17) is 4.42 Å². The Bertz CT molecular complexity index is 1250. The van der Waals surface area contributed by atoms with Crippen LogP contribution in [-0.4, -0.2) is 22.7 Å². The number of amides is 3. The summed E-state index contributed by atoms with van der Waals surface area (Å²) in [5.41, 5.74) is 1.57. The molecule has 1 aliphatic heterocycles. The number of anilines is 2. The number of benzene rings is 2. The fourth-order valence-corrected chi connectivity index (χ4v) is 4.52. The summed E-state index contributed by atoms with van der Waals surface area (Å²) in [6, 6.07) is 17.8. The number of furan rings is 1. The summed E-state index contributed by atoms with van der Waals surface area (Å²) in [7, 11) is 0. The quantitative estimate of drug-likeness (QED) is 0.438. The van der Waals surface area contributed by atoms with Gasteiger partial charge in [0.15, 0.2) is 5.13 Å². The average molecular weight is 431 g/mol. The van der Waals surface area contributed by atoms with Gasteiger partial charge in [-0.3, -0.25) is 24.2 Å². The molecule has 1 aliphatic rings. The first kappa shape index (κ1) is 19.2. The molecule has 5 rings (SSSR count). The summed E-state index contributed by atoms with van der Waals surface area (Å²) in [6.07, 6.45) is 1.93. The SMILES string of the molecule is O=C(c1cccc(N2C(=O)CCC2=O)c1)N(Cc1ccco1)c1nc2ccccc2s1. The molecule has 0 saturated carbocycles. The lowest BCUT2D eigenvalue weighted by Gasteiger charge is -2.20.